The average molecular weight is 391 g/mol. The van der Waals surface area contributed by atoms with Crippen molar-refractivity contribution in [2.45, 2.75) is 46.3 Å². The van der Waals surface area contributed by atoms with E-state index in [1.807, 2.05) is 0 Å². The van der Waals surface area contributed by atoms with Crippen molar-refractivity contribution < 1.29 is 24.3 Å². The van der Waals surface area contributed by atoms with Gasteiger partial charge >= 0.3 is 0 Å². The molecule has 0 saturated heterocycles. The Morgan fingerprint density at radius 1 is 0.964 bits per heavy atom. The fourth-order valence-electron chi connectivity index (χ4n) is 2.40. The van der Waals surface area contributed by atoms with E-state index in [4.69, 9.17) is 5.11 Å². The lowest BCUT2D eigenvalue weighted by Crippen LogP contribution is -2.42. The van der Waals surface area contributed by atoms with Gasteiger partial charge in [0.1, 0.15) is 0 Å². The highest BCUT2D eigenvalue weighted by Crippen LogP contribution is 2.16. The van der Waals surface area contributed by atoms with Crippen LogP contribution in [0.2, 0.25) is 0 Å². The van der Waals surface area contributed by atoms with E-state index in [2.05, 4.69) is 16.0 Å². The van der Waals surface area contributed by atoms with Crippen molar-refractivity contribution in [3.63, 3.8) is 0 Å². The van der Waals surface area contributed by atoms with E-state index in [1.165, 1.54) is 7.05 Å². The summed E-state index contributed by atoms with van der Waals surface area (Å²) in [5, 5.41) is 16.8. The first-order valence-corrected chi connectivity index (χ1v) is 9.22. The molecule has 0 bridgehead atoms. The summed E-state index contributed by atoms with van der Waals surface area (Å²) in [5.41, 5.74) is 1.20. The van der Waals surface area contributed by atoms with E-state index in [0.29, 0.717) is 11.3 Å². The summed E-state index contributed by atoms with van der Waals surface area (Å²) in [4.78, 5) is 48.6. The highest BCUT2D eigenvalue weighted by molar-refractivity contribution is 5.99. The maximum Gasteiger partial charge on any atom is 0.228 e. The second kappa shape index (κ2) is 11.2. The predicted octanol–water partition coefficient (Wildman–Crippen LogP) is 0.990. The number of carbonyl (C=O) groups excluding carboxylic acids is 4. The molecule has 0 fully saturated rings. The van der Waals surface area contributed by atoms with Crippen LogP contribution in [0.25, 0.3) is 0 Å². The van der Waals surface area contributed by atoms with Gasteiger partial charge in [-0.05, 0) is 24.6 Å². The van der Waals surface area contributed by atoms with Crippen molar-refractivity contribution in [3.05, 3.63) is 29.8 Å². The number of ketones is 1. The summed E-state index contributed by atoms with van der Waals surface area (Å²) in [5.74, 6) is -2.53. The summed E-state index contributed by atoms with van der Waals surface area (Å²) in [7, 11) is 1.46. The van der Waals surface area contributed by atoms with Crippen LogP contribution in [0, 0.1) is 11.8 Å². The van der Waals surface area contributed by atoms with Crippen LogP contribution in [-0.4, -0.2) is 41.7 Å². The number of hydrogen-bond donors (Lipinski definition) is 4. The molecule has 0 saturated carbocycles. The molecule has 2 atom stereocenters. The van der Waals surface area contributed by atoms with Crippen LogP contribution in [-0.2, 0) is 25.8 Å². The van der Waals surface area contributed by atoms with Crippen molar-refractivity contribution in [3.8, 4) is 0 Å². The Morgan fingerprint density at radius 3 is 2.07 bits per heavy atom. The number of aliphatic hydroxyl groups excluding tert-OH is 1. The van der Waals surface area contributed by atoms with E-state index >= 15 is 0 Å². The monoisotopic (exact) mass is 391 g/mol. The first kappa shape index (κ1) is 23.3. The van der Waals surface area contributed by atoms with Crippen LogP contribution in [0.15, 0.2) is 24.3 Å². The molecule has 0 aliphatic carbocycles. The summed E-state index contributed by atoms with van der Waals surface area (Å²) in [6.07, 6.45) is -0.318. The van der Waals surface area contributed by atoms with E-state index in [-0.39, 0.29) is 43.0 Å². The molecule has 3 amide bonds. The molecule has 28 heavy (non-hydrogen) atoms. The first-order valence-electron chi connectivity index (χ1n) is 9.22. The third-order valence-corrected chi connectivity index (χ3v) is 4.30. The van der Waals surface area contributed by atoms with Crippen LogP contribution in [0.3, 0.4) is 0 Å². The molecule has 8 heteroatoms. The van der Waals surface area contributed by atoms with E-state index < -0.39 is 17.9 Å². The first-order chi connectivity index (χ1) is 13.2. The Balaban J connectivity index is 2.82. The van der Waals surface area contributed by atoms with Gasteiger partial charge in [0, 0.05) is 31.5 Å². The number of rotatable bonds is 10. The molecular weight excluding hydrogens is 362 g/mol. The Hall–Kier alpha value is -2.74. The Morgan fingerprint density at radius 2 is 1.57 bits per heavy atom. The molecule has 0 unspecified atom stereocenters. The lowest BCUT2D eigenvalue weighted by atomic mass is 9.94. The molecule has 0 spiro atoms. The van der Waals surface area contributed by atoms with Gasteiger partial charge in [-0.3, -0.25) is 19.2 Å². The molecule has 154 valence electrons. The minimum absolute atomic E-state index is 0.109. The van der Waals surface area contributed by atoms with Gasteiger partial charge in [0.2, 0.25) is 17.7 Å². The van der Waals surface area contributed by atoms with Crippen molar-refractivity contribution >= 4 is 29.2 Å². The van der Waals surface area contributed by atoms with Crippen LogP contribution < -0.4 is 16.0 Å². The number of hydrogen-bond acceptors (Lipinski definition) is 5. The van der Waals surface area contributed by atoms with Crippen LogP contribution in [0.1, 0.15) is 39.2 Å². The lowest BCUT2D eigenvalue weighted by molar-refractivity contribution is -0.132. The standard InChI is InChI=1S/C20H29N3O5/c1-12(2)19(27)22-13(3)17(25)9-15(10-18(26)21-4)20(28)23-16-7-5-14(11-24)6-8-16/h5-8,12-13,15,24H,9-11H2,1-4H3,(H,21,26)(H,22,27)(H,23,28)/t13-,15-/m0/s1. The fraction of sp³-hybridized carbons (Fsp3) is 0.500. The average Bonchev–Trinajstić information content (AvgIpc) is 2.67. The van der Waals surface area contributed by atoms with Crippen molar-refractivity contribution in [2.75, 3.05) is 12.4 Å². The van der Waals surface area contributed by atoms with Crippen molar-refractivity contribution in [2.24, 2.45) is 11.8 Å². The number of anilines is 1. The van der Waals surface area contributed by atoms with E-state index in [0.717, 1.165) is 0 Å². The molecule has 4 N–H and O–H groups in total. The maximum atomic E-state index is 12.6. The van der Waals surface area contributed by atoms with Gasteiger partial charge < -0.3 is 21.1 Å². The largest absolute Gasteiger partial charge is 0.392 e. The van der Waals surface area contributed by atoms with Gasteiger partial charge in [0.15, 0.2) is 5.78 Å². The summed E-state index contributed by atoms with van der Waals surface area (Å²) in [6.45, 7) is 4.89. The number of aliphatic hydroxyl groups is 1. The van der Waals surface area contributed by atoms with Gasteiger partial charge in [-0.1, -0.05) is 26.0 Å². The van der Waals surface area contributed by atoms with Gasteiger partial charge in [0.25, 0.3) is 0 Å². The zero-order valence-corrected chi connectivity index (χ0v) is 16.7. The molecule has 0 aromatic heterocycles. The number of carbonyl (C=O) groups is 4. The number of benzene rings is 1. The highest BCUT2D eigenvalue weighted by atomic mass is 16.3. The zero-order valence-electron chi connectivity index (χ0n) is 16.7. The third-order valence-electron chi connectivity index (χ3n) is 4.30. The Kier molecular flexibility index (Phi) is 9.31. The Labute approximate surface area is 165 Å². The minimum Gasteiger partial charge on any atom is -0.392 e. The van der Waals surface area contributed by atoms with Gasteiger partial charge in [0.05, 0.1) is 18.6 Å². The molecule has 0 radical (unpaired) electrons. The lowest BCUT2D eigenvalue weighted by Gasteiger charge is -2.19. The second-order valence-electron chi connectivity index (χ2n) is 6.97. The number of nitrogens with one attached hydrogen (secondary N) is 3. The molecular formula is C20H29N3O5. The van der Waals surface area contributed by atoms with Crippen LogP contribution >= 0.6 is 0 Å². The molecule has 0 heterocycles. The molecule has 8 nitrogen and oxygen atoms in total. The highest BCUT2D eigenvalue weighted by Gasteiger charge is 2.27. The Bertz CT molecular complexity index is 700. The third kappa shape index (κ3) is 7.48. The second-order valence-corrected chi connectivity index (χ2v) is 6.97. The molecule has 0 aliphatic rings. The summed E-state index contributed by atoms with van der Waals surface area (Å²) < 4.78 is 0. The van der Waals surface area contributed by atoms with Gasteiger partial charge in [-0.25, -0.2) is 0 Å². The van der Waals surface area contributed by atoms with Crippen molar-refractivity contribution in [1.82, 2.24) is 10.6 Å². The number of Topliss-reactive ketones (excluding diaryl/α,β-unsaturated/α-hetero) is 1. The van der Waals surface area contributed by atoms with Crippen LogP contribution in [0.4, 0.5) is 5.69 Å². The van der Waals surface area contributed by atoms with E-state index in [1.54, 1.807) is 45.0 Å². The smallest absolute Gasteiger partial charge is 0.228 e. The molecule has 1 aromatic carbocycles. The van der Waals surface area contributed by atoms with Crippen molar-refractivity contribution in [1.29, 1.82) is 0 Å². The normalized spacial score (nSPS) is 12.8. The summed E-state index contributed by atoms with van der Waals surface area (Å²) in [6, 6.07) is 5.84. The minimum atomic E-state index is -0.872. The molecule has 1 rings (SSSR count). The number of amides is 3. The van der Waals surface area contributed by atoms with E-state index in [9.17, 15) is 19.2 Å². The zero-order chi connectivity index (χ0) is 21.3. The predicted molar refractivity (Wildman–Crippen MR) is 105 cm³/mol. The molecule has 1 aromatic rings. The summed E-state index contributed by atoms with van der Waals surface area (Å²) >= 11 is 0. The van der Waals surface area contributed by atoms with Gasteiger partial charge in [-0.15, -0.1) is 0 Å². The maximum absolute atomic E-state index is 12.6. The fourth-order valence-corrected chi connectivity index (χ4v) is 2.40. The molecule has 0 aliphatic heterocycles. The van der Waals surface area contributed by atoms with Crippen LogP contribution in [0.5, 0.6) is 0 Å². The SMILES string of the molecule is CNC(=O)C[C@H](CC(=O)[C@H](C)NC(=O)C(C)C)C(=O)Nc1ccc(CO)cc1. The van der Waals surface area contributed by atoms with Gasteiger partial charge in [-0.2, -0.15) is 0 Å². The quantitative estimate of drug-likeness (QED) is 0.473. The topological polar surface area (TPSA) is 125 Å².